The molecular weight excluding hydrogens is 148 g/mol. The highest BCUT2D eigenvalue weighted by molar-refractivity contribution is 5.67. The fraction of sp³-hybridized carbons (Fsp3) is 0. The summed E-state index contributed by atoms with van der Waals surface area (Å²) >= 11 is 0. The molecule has 2 aromatic heterocycles. The molecule has 0 aliphatic rings. The number of fused-ring (bicyclic) bond motifs is 1. The van der Waals surface area contributed by atoms with Crippen LogP contribution in [0.15, 0.2) is 15.9 Å². The summed E-state index contributed by atoms with van der Waals surface area (Å²) in [6.45, 7) is 0. The number of hydrogen-bond donors (Lipinski definition) is 3. The van der Waals surface area contributed by atoms with Crippen molar-refractivity contribution >= 4 is 11.2 Å². The summed E-state index contributed by atoms with van der Waals surface area (Å²) in [6, 6.07) is 0. The third-order valence-corrected chi connectivity index (χ3v) is 1.33. The molecule has 6 nitrogen and oxygen atoms in total. The summed E-state index contributed by atoms with van der Waals surface area (Å²) in [4.78, 5) is 32.3. The van der Waals surface area contributed by atoms with Crippen LogP contribution >= 0.6 is 0 Å². The molecule has 11 heavy (non-hydrogen) atoms. The molecule has 0 saturated heterocycles. The lowest BCUT2D eigenvalue weighted by molar-refractivity contribution is 1.07. The first kappa shape index (κ1) is 5.90. The lowest BCUT2D eigenvalue weighted by atomic mass is 10.5. The molecule has 3 N–H and O–H groups in total. The number of hydrogen-bond acceptors (Lipinski definition) is 3. The Kier molecular flexibility index (Phi) is 0.974. The van der Waals surface area contributed by atoms with Gasteiger partial charge in [0.05, 0.1) is 6.33 Å². The van der Waals surface area contributed by atoms with Gasteiger partial charge in [0, 0.05) is 1.43 Å². The number of imidazole rings is 1. The minimum atomic E-state index is -0.547. The second-order valence-electron chi connectivity index (χ2n) is 2.03. The van der Waals surface area contributed by atoms with Gasteiger partial charge in [0.15, 0.2) is 5.65 Å². The van der Waals surface area contributed by atoms with Gasteiger partial charge in [-0.15, -0.1) is 0 Å². The van der Waals surface area contributed by atoms with Crippen molar-refractivity contribution in [2.75, 3.05) is 0 Å². The molecule has 0 fully saturated rings. The van der Waals surface area contributed by atoms with Gasteiger partial charge in [0.2, 0.25) is 0 Å². The molecule has 0 aliphatic heterocycles. The van der Waals surface area contributed by atoms with Crippen molar-refractivity contribution < 1.29 is 1.43 Å². The molecule has 0 unspecified atom stereocenters. The van der Waals surface area contributed by atoms with Crippen LogP contribution in [-0.4, -0.2) is 19.9 Å². The summed E-state index contributed by atoms with van der Waals surface area (Å²) in [7, 11) is 0. The van der Waals surface area contributed by atoms with E-state index in [1.54, 1.807) is 0 Å². The molecule has 0 amide bonds. The molecule has 58 valence electrons. The molecule has 0 aliphatic carbocycles. The zero-order valence-electron chi connectivity index (χ0n) is 5.34. The minimum Gasteiger partial charge on any atom is -0.339 e. The second kappa shape index (κ2) is 1.82. The van der Waals surface area contributed by atoms with E-state index in [1.165, 1.54) is 6.33 Å². The number of nitrogens with zero attached hydrogens (tertiary/aromatic N) is 1. The van der Waals surface area contributed by atoms with Gasteiger partial charge in [0.1, 0.15) is 5.52 Å². The number of rotatable bonds is 0. The summed E-state index contributed by atoms with van der Waals surface area (Å²) < 4.78 is 0. The van der Waals surface area contributed by atoms with Crippen molar-refractivity contribution in [1.82, 2.24) is 19.9 Å². The maximum atomic E-state index is 10.9. The summed E-state index contributed by atoms with van der Waals surface area (Å²) in [5.41, 5.74) is -0.445. The van der Waals surface area contributed by atoms with E-state index in [9.17, 15) is 9.59 Å². The van der Waals surface area contributed by atoms with E-state index in [1.807, 2.05) is 0 Å². The summed E-state index contributed by atoms with van der Waals surface area (Å²) in [5, 5.41) is 0. The van der Waals surface area contributed by atoms with Crippen LogP contribution in [0.3, 0.4) is 0 Å². The third kappa shape index (κ3) is 0.759. The van der Waals surface area contributed by atoms with E-state index in [2.05, 4.69) is 19.9 Å². The van der Waals surface area contributed by atoms with Crippen LogP contribution in [0.5, 0.6) is 0 Å². The zero-order chi connectivity index (χ0) is 7.84. The average Bonchev–Trinajstić information content (AvgIpc) is 2.34. The van der Waals surface area contributed by atoms with Gasteiger partial charge in [-0.1, -0.05) is 0 Å². The maximum absolute atomic E-state index is 10.9. The van der Waals surface area contributed by atoms with Gasteiger partial charge in [-0.25, -0.2) is 9.78 Å². The van der Waals surface area contributed by atoms with Crippen LogP contribution in [0.2, 0.25) is 0 Å². The van der Waals surface area contributed by atoms with E-state index in [0.717, 1.165) is 0 Å². The van der Waals surface area contributed by atoms with Crippen molar-refractivity contribution in [2.45, 2.75) is 0 Å². The highest BCUT2D eigenvalue weighted by Crippen LogP contribution is 1.92. The fourth-order valence-electron chi connectivity index (χ4n) is 0.867. The summed E-state index contributed by atoms with van der Waals surface area (Å²) in [6.07, 6.45) is 1.34. The van der Waals surface area contributed by atoms with Crippen LogP contribution in [-0.2, 0) is 0 Å². The SMILES string of the molecule is O=c1[nH]c(=O)c2[nH]cnc2[nH]1.[HH]. The maximum Gasteiger partial charge on any atom is 0.327 e. The largest absolute Gasteiger partial charge is 0.339 e. The number of aromatic amines is 3. The smallest absolute Gasteiger partial charge is 0.327 e. The number of aromatic nitrogens is 4. The van der Waals surface area contributed by atoms with Crippen LogP contribution in [0.4, 0.5) is 0 Å². The predicted octanol–water partition coefficient (Wildman–Crippen LogP) is -0.815. The molecule has 6 heteroatoms. The van der Waals surface area contributed by atoms with E-state index >= 15 is 0 Å². The molecule has 0 bridgehead atoms. The van der Waals surface area contributed by atoms with Crippen molar-refractivity contribution in [1.29, 1.82) is 0 Å². The highest BCUT2D eigenvalue weighted by Gasteiger charge is 1.99. The molecular formula is C5H6N4O2. The molecule has 0 saturated carbocycles. The lowest BCUT2D eigenvalue weighted by Gasteiger charge is -1.83. The van der Waals surface area contributed by atoms with Crippen molar-refractivity contribution in [3.8, 4) is 0 Å². The van der Waals surface area contributed by atoms with Crippen LogP contribution < -0.4 is 11.2 Å². The minimum absolute atomic E-state index is 0. The standard InChI is InChI=1S/C5H4N4O2.H2/c10-4-2-3(7-1-6-2)8-5(11)9-4;/h1H,(H3,6,7,8,9,10,11);1H. The Hall–Kier alpha value is -1.85. The normalized spacial score (nSPS) is 10.5. The van der Waals surface area contributed by atoms with Gasteiger partial charge in [0.25, 0.3) is 5.56 Å². The molecule has 0 atom stereocenters. The molecule has 0 radical (unpaired) electrons. The first-order chi connectivity index (χ1) is 5.27. The summed E-state index contributed by atoms with van der Waals surface area (Å²) in [5.74, 6) is 0. The zero-order valence-corrected chi connectivity index (χ0v) is 5.34. The monoisotopic (exact) mass is 154 g/mol. The Morgan fingerprint density at radius 1 is 1.36 bits per heavy atom. The Labute approximate surface area is 60.8 Å². The Bertz CT molecular complexity index is 496. The van der Waals surface area contributed by atoms with Gasteiger partial charge in [-0.2, -0.15) is 0 Å². The molecule has 2 rings (SSSR count). The molecule has 2 aromatic rings. The topological polar surface area (TPSA) is 94.4 Å². The third-order valence-electron chi connectivity index (χ3n) is 1.33. The lowest BCUT2D eigenvalue weighted by Crippen LogP contribution is -2.21. The van der Waals surface area contributed by atoms with Crippen molar-refractivity contribution in [3.63, 3.8) is 0 Å². The highest BCUT2D eigenvalue weighted by atomic mass is 16.2. The average molecular weight is 154 g/mol. The Balaban J connectivity index is 0.000000720. The predicted molar refractivity (Wildman–Crippen MR) is 39.4 cm³/mol. The van der Waals surface area contributed by atoms with Crippen molar-refractivity contribution in [2.24, 2.45) is 0 Å². The number of H-pyrrole nitrogens is 3. The first-order valence-electron chi connectivity index (χ1n) is 2.93. The van der Waals surface area contributed by atoms with E-state index in [0.29, 0.717) is 0 Å². The van der Waals surface area contributed by atoms with Gasteiger partial charge < -0.3 is 4.98 Å². The molecule has 0 aromatic carbocycles. The Morgan fingerprint density at radius 2 is 2.18 bits per heavy atom. The van der Waals surface area contributed by atoms with Crippen LogP contribution in [0.25, 0.3) is 11.2 Å². The van der Waals surface area contributed by atoms with E-state index < -0.39 is 11.2 Å². The van der Waals surface area contributed by atoms with E-state index in [-0.39, 0.29) is 12.6 Å². The van der Waals surface area contributed by atoms with Gasteiger partial charge in [-0.05, 0) is 0 Å². The van der Waals surface area contributed by atoms with Crippen LogP contribution in [0, 0.1) is 0 Å². The quantitative estimate of drug-likeness (QED) is 0.463. The number of nitrogens with one attached hydrogen (secondary N) is 3. The van der Waals surface area contributed by atoms with Crippen LogP contribution in [0.1, 0.15) is 1.43 Å². The Morgan fingerprint density at radius 3 is 3.00 bits per heavy atom. The fourth-order valence-corrected chi connectivity index (χ4v) is 0.867. The first-order valence-corrected chi connectivity index (χ1v) is 2.93. The molecule has 0 spiro atoms. The van der Waals surface area contributed by atoms with Gasteiger partial charge >= 0.3 is 5.69 Å². The van der Waals surface area contributed by atoms with Gasteiger partial charge in [-0.3, -0.25) is 14.8 Å². The van der Waals surface area contributed by atoms with E-state index in [4.69, 9.17) is 0 Å². The van der Waals surface area contributed by atoms with Crippen molar-refractivity contribution in [3.05, 3.63) is 27.2 Å². The molecule has 2 heterocycles. The second-order valence-corrected chi connectivity index (χ2v) is 2.03.